The van der Waals surface area contributed by atoms with Gasteiger partial charge >= 0.3 is 0 Å². The van der Waals surface area contributed by atoms with Gasteiger partial charge in [-0.15, -0.1) is 6.42 Å². The number of imidazole rings is 1. The number of benzene rings is 1. The Kier molecular flexibility index (Phi) is 5.87. The molecule has 2 aromatic rings. The van der Waals surface area contributed by atoms with Gasteiger partial charge in [0.1, 0.15) is 0 Å². The zero-order chi connectivity index (χ0) is 15.9. The summed E-state index contributed by atoms with van der Waals surface area (Å²) in [4.78, 5) is 16.6. The SMILES string of the molecule is C#CCNC(=O)C(C)Sc1nc2ccccc2n1CCOC. The summed E-state index contributed by atoms with van der Waals surface area (Å²) in [5.74, 6) is 2.31. The third-order valence-electron chi connectivity index (χ3n) is 3.15. The van der Waals surface area contributed by atoms with Gasteiger partial charge < -0.3 is 14.6 Å². The standard InChI is InChI=1S/C16H19N3O2S/c1-4-9-17-15(20)12(2)22-16-18-13-7-5-6-8-14(13)19(16)10-11-21-3/h1,5-8,12H,9-11H2,2-3H3,(H,17,20). The van der Waals surface area contributed by atoms with Crippen LogP contribution in [0.15, 0.2) is 29.4 Å². The molecular weight excluding hydrogens is 298 g/mol. The number of rotatable bonds is 7. The van der Waals surface area contributed by atoms with E-state index < -0.39 is 0 Å². The van der Waals surface area contributed by atoms with Crippen molar-refractivity contribution in [3.05, 3.63) is 24.3 Å². The van der Waals surface area contributed by atoms with Crippen LogP contribution in [0.1, 0.15) is 6.92 Å². The van der Waals surface area contributed by atoms with Crippen molar-refractivity contribution in [2.24, 2.45) is 0 Å². The molecule has 0 aliphatic carbocycles. The maximum absolute atomic E-state index is 12.0. The molecule has 1 unspecified atom stereocenters. The molecule has 1 amide bonds. The second kappa shape index (κ2) is 7.87. The fourth-order valence-corrected chi connectivity index (χ4v) is 3.01. The Morgan fingerprint density at radius 3 is 3.05 bits per heavy atom. The molecule has 0 radical (unpaired) electrons. The summed E-state index contributed by atoms with van der Waals surface area (Å²) in [6, 6.07) is 7.91. The van der Waals surface area contributed by atoms with Crippen LogP contribution in [0.2, 0.25) is 0 Å². The molecule has 0 saturated heterocycles. The van der Waals surface area contributed by atoms with E-state index in [0.29, 0.717) is 13.2 Å². The number of nitrogens with zero attached hydrogens (tertiary/aromatic N) is 2. The van der Waals surface area contributed by atoms with Gasteiger partial charge in [0.2, 0.25) is 5.91 Å². The zero-order valence-corrected chi connectivity index (χ0v) is 13.5. The smallest absolute Gasteiger partial charge is 0.234 e. The average molecular weight is 317 g/mol. The van der Waals surface area contributed by atoms with E-state index in [1.54, 1.807) is 7.11 Å². The van der Waals surface area contributed by atoms with Gasteiger partial charge in [-0.1, -0.05) is 29.8 Å². The monoisotopic (exact) mass is 317 g/mol. The molecule has 2 rings (SSSR count). The van der Waals surface area contributed by atoms with Gasteiger partial charge in [-0.2, -0.15) is 0 Å². The molecule has 0 spiro atoms. The Balaban J connectivity index is 2.22. The Morgan fingerprint density at radius 1 is 1.55 bits per heavy atom. The van der Waals surface area contributed by atoms with E-state index in [4.69, 9.17) is 11.2 Å². The number of hydrogen-bond donors (Lipinski definition) is 1. The molecule has 1 N–H and O–H groups in total. The zero-order valence-electron chi connectivity index (χ0n) is 12.7. The summed E-state index contributed by atoms with van der Waals surface area (Å²) in [5, 5.41) is 3.23. The molecule has 116 valence electrons. The van der Waals surface area contributed by atoms with Crippen molar-refractivity contribution in [2.45, 2.75) is 23.9 Å². The molecule has 1 atom stereocenters. The van der Waals surface area contributed by atoms with Crippen LogP contribution in [-0.2, 0) is 16.1 Å². The first kappa shape index (κ1) is 16.4. The van der Waals surface area contributed by atoms with Crippen molar-refractivity contribution in [3.8, 4) is 12.3 Å². The van der Waals surface area contributed by atoms with Gasteiger partial charge in [0.25, 0.3) is 0 Å². The van der Waals surface area contributed by atoms with Crippen LogP contribution >= 0.6 is 11.8 Å². The first-order valence-electron chi connectivity index (χ1n) is 6.99. The minimum atomic E-state index is -0.272. The molecule has 22 heavy (non-hydrogen) atoms. The van der Waals surface area contributed by atoms with Crippen LogP contribution in [0, 0.1) is 12.3 Å². The summed E-state index contributed by atoms with van der Waals surface area (Å²) in [6.07, 6.45) is 5.16. The number of thioether (sulfide) groups is 1. The van der Waals surface area contributed by atoms with Crippen LogP contribution in [0.25, 0.3) is 11.0 Å². The molecule has 1 heterocycles. The van der Waals surface area contributed by atoms with Crippen LogP contribution < -0.4 is 5.32 Å². The number of hydrogen-bond acceptors (Lipinski definition) is 4. The second-order valence-electron chi connectivity index (χ2n) is 4.71. The highest BCUT2D eigenvalue weighted by atomic mass is 32.2. The van der Waals surface area contributed by atoms with E-state index in [-0.39, 0.29) is 17.7 Å². The van der Waals surface area contributed by atoms with Crippen molar-refractivity contribution in [1.29, 1.82) is 0 Å². The van der Waals surface area contributed by atoms with Gasteiger partial charge in [-0.25, -0.2) is 4.98 Å². The molecular formula is C16H19N3O2S. The lowest BCUT2D eigenvalue weighted by molar-refractivity contribution is -0.120. The van der Waals surface area contributed by atoms with Gasteiger partial charge in [0.05, 0.1) is 29.4 Å². The van der Waals surface area contributed by atoms with E-state index in [9.17, 15) is 4.79 Å². The van der Waals surface area contributed by atoms with Crippen molar-refractivity contribution in [1.82, 2.24) is 14.9 Å². The first-order valence-corrected chi connectivity index (χ1v) is 7.87. The van der Waals surface area contributed by atoms with E-state index in [1.165, 1.54) is 11.8 Å². The lowest BCUT2D eigenvalue weighted by atomic mass is 10.3. The highest BCUT2D eigenvalue weighted by Gasteiger charge is 2.18. The molecule has 5 nitrogen and oxygen atoms in total. The highest BCUT2D eigenvalue weighted by Crippen LogP contribution is 2.27. The molecule has 0 aliphatic rings. The van der Waals surface area contributed by atoms with Gasteiger partial charge in [0.15, 0.2) is 5.16 Å². The maximum atomic E-state index is 12.0. The van der Waals surface area contributed by atoms with Crippen molar-refractivity contribution >= 4 is 28.7 Å². The number of ether oxygens (including phenoxy) is 1. The van der Waals surface area contributed by atoms with Gasteiger partial charge in [-0.3, -0.25) is 4.79 Å². The molecule has 0 saturated carbocycles. The van der Waals surface area contributed by atoms with E-state index in [2.05, 4.69) is 20.8 Å². The van der Waals surface area contributed by atoms with E-state index in [1.807, 2.05) is 31.2 Å². The fourth-order valence-electron chi connectivity index (χ4n) is 2.04. The van der Waals surface area contributed by atoms with Crippen molar-refractivity contribution in [3.63, 3.8) is 0 Å². The normalized spacial score (nSPS) is 12.0. The summed E-state index contributed by atoms with van der Waals surface area (Å²) in [5.41, 5.74) is 1.95. The summed E-state index contributed by atoms with van der Waals surface area (Å²) >= 11 is 1.42. The number of fused-ring (bicyclic) bond motifs is 1. The second-order valence-corrected chi connectivity index (χ2v) is 6.02. The molecule has 6 heteroatoms. The highest BCUT2D eigenvalue weighted by molar-refractivity contribution is 8.00. The quantitative estimate of drug-likeness (QED) is 0.626. The average Bonchev–Trinajstić information content (AvgIpc) is 2.87. The third kappa shape index (κ3) is 3.81. The molecule has 0 fully saturated rings. The van der Waals surface area contributed by atoms with Crippen LogP contribution in [0.5, 0.6) is 0 Å². The summed E-state index contributed by atoms with van der Waals surface area (Å²) in [7, 11) is 1.67. The number of aromatic nitrogens is 2. The molecule has 0 aliphatic heterocycles. The Bertz CT molecular complexity index is 690. The fraction of sp³-hybridized carbons (Fsp3) is 0.375. The molecule has 1 aromatic heterocycles. The number of carbonyl (C=O) groups is 1. The number of carbonyl (C=O) groups excluding carboxylic acids is 1. The number of methoxy groups -OCH3 is 1. The van der Waals surface area contributed by atoms with Crippen LogP contribution in [0.3, 0.4) is 0 Å². The van der Waals surface area contributed by atoms with Gasteiger partial charge in [0, 0.05) is 13.7 Å². The molecule has 0 bridgehead atoms. The van der Waals surface area contributed by atoms with Gasteiger partial charge in [-0.05, 0) is 19.1 Å². The largest absolute Gasteiger partial charge is 0.383 e. The third-order valence-corrected chi connectivity index (χ3v) is 4.24. The Hall–Kier alpha value is -1.97. The predicted molar refractivity (Wildman–Crippen MR) is 88.8 cm³/mol. The minimum absolute atomic E-state index is 0.0895. The maximum Gasteiger partial charge on any atom is 0.234 e. The molecule has 1 aromatic carbocycles. The Morgan fingerprint density at radius 2 is 2.32 bits per heavy atom. The van der Waals surface area contributed by atoms with Crippen molar-refractivity contribution < 1.29 is 9.53 Å². The van der Waals surface area contributed by atoms with Crippen LogP contribution in [0.4, 0.5) is 0 Å². The number of amides is 1. The van der Waals surface area contributed by atoms with E-state index >= 15 is 0 Å². The first-order chi connectivity index (χ1) is 10.7. The Labute approximate surface area is 134 Å². The summed E-state index contributed by atoms with van der Waals surface area (Å²) in [6.45, 7) is 3.37. The number of para-hydroxylation sites is 2. The predicted octanol–water partition coefficient (Wildman–Crippen LogP) is 1.91. The number of terminal acetylenes is 1. The van der Waals surface area contributed by atoms with Crippen LogP contribution in [-0.4, -0.2) is 41.0 Å². The summed E-state index contributed by atoms with van der Waals surface area (Å²) < 4.78 is 7.24. The lowest BCUT2D eigenvalue weighted by Gasteiger charge is -2.12. The lowest BCUT2D eigenvalue weighted by Crippen LogP contribution is -2.31. The topological polar surface area (TPSA) is 56.2 Å². The minimum Gasteiger partial charge on any atom is -0.383 e. The number of nitrogens with one attached hydrogen (secondary N) is 1. The van der Waals surface area contributed by atoms with Crippen molar-refractivity contribution in [2.75, 3.05) is 20.3 Å². The van der Waals surface area contributed by atoms with E-state index in [0.717, 1.165) is 16.2 Å².